The molecule has 0 radical (unpaired) electrons. The van der Waals surface area contributed by atoms with Crippen LogP contribution in [0.1, 0.15) is 22.3 Å². The zero-order valence-electron chi connectivity index (χ0n) is 11.3. The summed E-state index contributed by atoms with van der Waals surface area (Å²) >= 11 is 0. The van der Waals surface area contributed by atoms with Crippen LogP contribution in [0.15, 0.2) is 61.1 Å². The van der Waals surface area contributed by atoms with E-state index in [0.717, 1.165) is 0 Å². The molecule has 0 atom stereocenters. The molecular formula is C18H18O. The fraction of sp³-hybridized carbons (Fsp3) is 0.111. The van der Waals surface area contributed by atoms with E-state index in [1.807, 2.05) is 36.4 Å². The largest absolute Gasteiger partial charge is 0.473 e. The van der Waals surface area contributed by atoms with Crippen molar-refractivity contribution >= 4 is 12.2 Å². The number of rotatable bonds is 4. The van der Waals surface area contributed by atoms with Crippen LogP contribution in [0.2, 0.25) is 0 Å². The van der Waals surface area contributed by atoms with Gasteiger partial charge in [0.05, 0.1) is 12.5 Å². The van der Waals surface area contributed by atoms with Gasteiger partial charge in [0.15, 0.2) is 0 Å². The highest BCUT2D eigenvalue weighted by Gasteiger charge is 1.91. The third-order valence-electron chi connectivity index (χ3n) is 3.03. The average molecular weight is 250 g/mol. The minimum atomic E-state index is 1.17. The summed E-state index contributed by atoms with van der Waals surface area (Å²) in [7, 11) is 0. The Kier molecular flexibility index (Phi) is 4.57. The Morgan fingerprint density at radius 3 is 1.53 bits per heavy atom. The molecule has 0 spiro atoms. The highest BCUT2D eigenvalue weighted by molar-refractivity contribution is 5.54. The number of ether oxygens (including phenoxy) is 1. The van der Waals surface area contributed by atoms with E-state index in [1.54, 1.807) is 12.5 Å². The van der Waals surface area contributed by atoms with Crippen molar-refractivity contribution in [1.82, 2.24) is 0 Å². The molecule has 1 heteroatoms. The SMILES string of the molecule is Cc1ccccc1C=COC=Cc1ccccc1C. The molecular weight excluding hydrogens is 232 g/mol. The summed E-state index contributed by atoms with van der Waals surface area (Å²) < 4.78 is 5.39. The van der Waals surface area contributed by atoms with Crippen molar-refractivity contribution in [1.29, 1.82) is 0 Å². The maximum absolute atomic E-state index is 5.39. The second-order valence-electron chi connectivity index (χ2n) is 4.45. The van der Waals surface area contributed by atoms with Gasteiger partial charge in [-0.1, -0.05) is 48.5 Å². The predicted molar refractivity (Wildman–Crippen MR) is 81.5 cm³/mol. The molecule has 0 saturated heterocycles. The van der Waals surface area contributed by atoms with E-state index in [4.69, 9.17) is 4.74 Å². The van der Waals surface area contributed by atoms with Gasteiger partial charge in [0.25, 0.3) is 0 Å². The van der Waals surface area contributed by atoms with E-state index < -0.39 is 0 Å². The van der Waals surface area contributed by atoms with Gasteiger partial charge in [-0.2, -0.15) is 0 Å². The first-order chi connectivity index (χ1) is 9.27. The van der Waals surface area contributed by atoms with Gasteiger partial charge in [0, 0.05) is 0 Å². The van der Waals surface area contributed by atoms with Crippen LogP contribution in [-0.4, -0.2) is 0 Å². The molecule has 0 aliphatic carbocycles. The Labute approximate surface area is 114 Å². The molecule has 0 N–H and O–H groups in total. The normalized spacial score (nSPS) is 11.3. The van der Waals surface area contributed by atoms with Crippen LogP contribution < -0.4 is 0 Å². The van der Waals surface area contributed by atoms with Crippen LogP contribution in [0.3, 0.4) is 0 Å². The van der Waals surface area contributed by atoms with Crippen LogP contribution in [0.5, 0.6) is 0 Å². The van der Waals surface area contributed by atoms with Crippen LogP contribution in [0, 0.1) is 13.8 Å². The molecule has 19 heavy (non-hydrogen) atoms. The van der Waals surface area contributed by atoms with Crippen LogP contribution in [0.25, 0.3) is 12.2 Å². The summed E-state index contributed by atoms with van der Waals surface area (Å²) in [5.41, 5.74) is 4.83. The highest BCUT2D eigenvalue weighted by Crippen LogP contribution is 2.10. The van der Waals surface area contributed by atoms with Crippen molar-refractivity contribution in [2.75, 3.05) is 0 Å². The van der Waals surface area contributed by atoms with Gasteiger partial charge in [-0.15, -0.1) is 0 Å². The van der Waals surface area contributed by atoms with Crippen molar-refractivity contribution in [3.63, 3.8) is 0 Å². The molecule has 0 saturated carbocycles. The molecule has 0 aromatic heterocycles. The molecule has 0 unspecified atom stereocenters. The van der Waals surface area contributed by atoms with E-state index in [2.05, 4.69) is 38.1 Å². The summed E-state index contributed by atoms with van der Waals surface area (Å²) in [6, 6.07) is 16.4. The Hall–Kier alpha value is -2.28. The van der Waals surface area contributed by atoms with E-state index in [9.17, 15) is 0 Å². The fourth-order valence-corrected chi connectivity index (χ4v) is 1.82. The standard InChI is InChI=1S/C18H18O/c1-15-7-3-5-9-17(15)11-13-19-14-12-18-10-6-4-8-16(18)2/h3-14H,1-2H3. The Bertz CT molecular complexity index is 541. The van der Waals surface area contributed by atoms with Crippen LogP contribution in [-0.2, 0) is 4.74 Å². The van der Waals surface area contributed by atoms with Gasteiger partial charge in [-0.25, -0.2) is 0 Å². The predicted octanol–water partition coefficient (Wildman–Crippen LogP) is 4.96. The molecule has 0 fully saturated rings. The Balaban J connectivity index is 1.94. The van der Waals surface area contributed by atoms with Crippen molar-refractivity contribution < 1.29 is 4.74 Å². The third-order valence-corrected chi connectivity index (χ3v) is 3.03. The Morgan fingerprint density at radius 2 is 1.11 bits per heavy atom. The third kappa shape index (κ3) is 3.85. The van der Waals surface area contributed by atoms with Gasteiger partial charge >= 0.3 is 0 Å². The number of hydrogen-bond donors (Lipinski definition) is 0. The molecule has 1 nitrogen and oxygen atoms in total. The van der Waals surface area contributed by atoms with Gasteiger partial charge < -0.3 is 4.74 Å². The summed E-state index contributed by atoms with van der Waals surface area (Å²) in [5.74, 6) is 0. The second-order valence-corrected chi connectivity index (χ2v) is 4.45. The monoisotopic (exact) mass is 250 g/mol. The summed E-state index contributed by atoms with van der Waals surface area (Å²) in [4.78, 5) is 0. The quantitative estimate of drug-likeness (QED) is 0.697. The van der Waals surface area contributed by atoms with Crippen molar-refractivity contribution in [2.24, 2.45) is 0 Å². The maximum atomic E-state index is 5.39. The minimum absolute atomic E-state index is 1.17. The first-order valence-electron chi connectivity index (χ1n) is 6.37. The molecule has 0 heterocycles. The lowest BCUT2D eigenvalue weighted by atomic mass is 10.1. The molecule has 0 aliphatic heterocycles. The molecule has 0 amide bonds. The summed E-state index contributed by atoms with van der Waals surface area (Å²) in [5, 5.41) is 0. The summed E-state index contributed by atoms with van der Waals surface area (Å²) in [6.45, 7) is 4.17. The van der Waals surface area contributed by atoms with Gasteiger partial charge in [-0.05, 0) is 48.3 Å². The lowest BCUT2D eigenvalue weighted by Gasteiger charge is -1.99. The van der Waals surface area contributed by atoms with E-state index in [1.165, 1.54) is 22.3 Å². The fourth-order valence-electron chi connectivity index (χ4n) is 1.82. The number of benzene rings is 2. The molecule has 0 aliphatic rings. The van der Waals surface area contributed by atoms with Crippen LogP contribution in [0.4, 0.5) is 0 Å². The minimum Gasteiger partial charge on any atom is -0.473 e. The lowest BCUT2D eigenvalue weighted by molar-refractivity contribution is 0.410. The molecule has 2 rings (SSSR count). The van der Waals surface area contributed by atoms with E-state index >= 15 is 0 Å². The first kappa shape index (κ1) is 13.2. The zero-order chi connectivity index (χ0) is 13.5. The van der Waals surface area contributed by atoms with E-state index in [-0.39, 0.29) is 0 Å². The zero-order valence-corrected chi connectivity index (χ0v) is 11.3. The molecule has 96 valence electrons. The van der Waals surface area contributed by atoms with E-state index in [0.29, 0.717) is 0 Å². The molecule has 0 bridgehead atoms. The lowest BCUT2D eigenvalue weighted by Crippen LogP contribution is -1.79. The van der Waals surface area contributed by atoms with Crippen molar-refractivity contribution in [3.8, 4) is 0 Å². The highest BCUT2D eigenvalue weighted by atomic mass is 16.5. The average Bonchev–Trinajstić information content (AvgIpc) is 2.42. The van der Waals surface area contributed by atoms with Crippen LogP contribution >= 0.6 is 0 Å². The topological polar surface area (TPSA) is 9.23 Å². The molecule has 2 aromatic carbocycles. The summed E-state index contributed by atoms with van der Waals surface area (Å²) in [6.07, 6.45) is 7.35. The van der Waals surface area contributed by atoms with Gasteiger partial charge in [0.2, 0.25) is 0 Å². The van der Waals surface area contributed by atoms with Gasteiger partial charge in [-0.3, -0.25) is 0 Å². The maximum Gasteiger partial charge on any atom is 0.0907 e. The molecule has 2 aromatic rings. The van der Waals surface area contributed by atoms with Gasteiger partial charge in [0.1, 0.15) is 0 Å². The smallest absolute Gasteiger partial charge is 0.0907 e. The Morgan fingerprint density at radius 1 is 0.684 bits per heavy atom. The number of hydrogen-bond acceptors (Lipinski definition) is 1. The number of aryl methyl sites for hydroxylation is 2. The first-order valence-corrected chi connectivity index (χ1v) is 6.37. The van der Waals surface area contributed by atoms with Crippen molar-refractivity contribution in [2.45, 2.75) is 13.8 Å². The second kappa shape index (κ2) is 6.60. The van der Waals surface area contributed by atoms with Crippen molar-refractivity contribution in [3.05, 3.63) is 83.3 Å².